The summed E-state index contributed by atoms with van der Waals surface area (Å²) in [4.78, 5) is 4.61. The van der Waals surface area contributed by atoms with Gasteiger partial charge in [0.05, 0.1) is 0 Å². The number of aromatic nitrogens is 3. The first kappa shape index (κ1) is 17.3. The number of rotatable bonds is 6. The van der Waals surface area contributed by atoms with Crippen LogP contribution in [-0.2, 0) is 0 Å². The minimum atomic E-state index is -0.337. The maximum absolute atomic E-state index is 13.5. The van der Waals surface area contributed by atoms with Crippen molar-refractivity contribution in [2.24, 2.45) is 0 Å². The molecule has 0 aliphatic rings. The zero-order chi connectivity index (χ0) is 17.6. The van der Waals surface area contributed by atoms with Crippen molar-refractivity contribution in [2.45, 2.75) is 19.8 Å². The van der Waals surface area contributed by atoms with E-state index in [9.17, 15) is 4.39 Å². The Labute approximate surface area is 151 Å². The van der Waals surface area contributed by atoms with E-state index in [1.54, 1.807) is 18.2 Å². The van der Waals surface area contributed by atoms with E-state index < -0.39 is 0 Å². The number of nitrogens with zero attached hydrogens (tertiary/aromatic N) is 3. The van der Waals surface area contributed by atoms with E-state index in [0.717, 1.165) is 24.9 Å². The van der Waals surface area contributed by atoms with Gasteiger partial charge in [-0.15, -0.1) is 10.2 Å². The zero-order valence-electron chi connectivity index (χ0n) is 13.8. The lowest BCUT2D eigenvalue weighted by Gasteiger charge is -2.11. The predicted octanol–water partition coefficient (Wildman–Crippen LogP) is 5.21. The van der Waals surface area contributed by atoms with Gasteiger partial charge < -0.3 is 5.32 Å². The third-order valence-electron chi connectivity index (χ3n) is 3.69. The molecule has 0 spiro atoms. The Bertz CT molecular complexity index is 870. The highest BCUT2D eigenvalue weighted by Gasteiger charge is 2.13. The van der Waals surface area contributed by atoms with E-state index in [1.807, 2.05) is 18.2 Å². The molecule has 6 heteroatoms. The quantitative estimate of drug-likeness (QED) is 0.616. The second-order valence-electron chi connectivity index (χ2n) is 5.63. The molecular formula is C19H18ClFN4. The first-order chi connectivity index (χ1) is 12.2. The molecule has 3 rings (SSSR count). The van der Waals surface area contributed by atoms with Crippen molar-refractivity contribution in [3.8, 4) is 22.6 Å². The molecule has 0 atom stereocenters. The van der Waals surface area contributed by atoms with Crippen LogP contribution >= 0.6 is 11.6 Å². The van der Waals surface area contributed by atoms with E-state index in [0.29, 0.717) is 27.9 Å². The summed E-state index contributed by atoms with van der Waals surface area (Å²) in [5, 5.41) is 12.3. The normalized spacial score (nSPS) is 10.7. The monoisotopic (exact) mass is 356 g/mol. The number of hydrogen-bond acceptors (Lipinski definition) is 4. The highest BCUT2D eigenvalue weighted by Crippen LogP contribution is 2.28. The average molecular weight is 357 g/mol. The van der Waals surface area contributed by atoms with Crippen LogP contribution in [0.1, 0.15) is 19.8 Å². The first-order valence-electron chi connectivity index (χ1n) is 8.18. The van der Waals surface area contributed by atoms with Crippen molar-refractivity contribution in [3.63, 3.8) is 0 Å². The van der Waals surface area contributed by atoms with E-state index in [2.05, 4.69) is 27.4 Å². The highest BCUT2D eigenvalue weighted by molar-refractivity contribution is 6.30. The van der Waals surface area contributed by atoms with Gasteiger partial charge in [0.15, 0.2) is 11.6 Å². The van der Waals surface area contributed by atoms with E-state index in [1.165, 1.54) is 12.1 Å². The lowest BCUT2D eigenvalue weighted by molar-refractivity contribution is 0.628. The van der Waals surface area contributed by atoms with Gasteiger partial charge in [0.25, 0.3) is 0 Å². The Kier molecular flexibility index (Phi) is 5.56. The molecule has 3 aromatic rings. The molecule has 0 amide bonds. The minimum absolute atomic E-state index is 0.337. The number of anilines is 1. The number of nitrogens with one attached hydrogen (secondary N) is 1. The van der Waals surface area contributed by atoms with Crippen LogP contribution in [-0.4, -0.2) is 21.7 Å². The third-order valence-corrected chi connectivity index (χ3v) is 3.93. The highest BCUT2D eigenvalue weighted by atomic mass is 35.5. The Hall–Kier alpha value is -2.53. The summed E-state index contributed by atoms with van der Waals surface area (Å²) in [6.07, 6.45) is 2.09. The summed E-state index contributed by atoms with van der Waals surface area (Å²) < 4.78 is 13.5. The van der Waals surface area contributed by atoms with Gasteiger partial charge in [-0.1, -0.05) is 49.2 Å². The molecule has 1 heterocycles. The van der Waals surface area contributed by atoms with Gasteiger partial charge in [-0.3, -0.25) is 0 Å². The SMILES string of the molecule is CCCCNc1nnc(-c2cccc(F)c2)nc1-c1cccc(Cl)c1. The molecule has 0 bridgehead atoms. The maximum atomic E-state index is 13.5. The summed E-state index contributed by atoms with van der Waals surface area (Å²) in [7, 11) is 0. The van der Waals surface area contributed by atoms with E-state index >= 15 is 0 Å². The van der Waals surface area contributed by atoms with Gasteiger partial charge in [-0.2, -0.15) is 0 Å². The smallest absolute Gasteiger partial charge is 0.182 e. The molecule has 0 saturated heterocycles. The molecule has 128 valence electrons. The second-order valence-corrected chi connectivity index (χ2v) is 6.07. The fourth-order valence-corrected chi connectivity index (χ4v) is 2.61. The van der Waals surface area contributed by atoms with Crippen LogP contribution in [0.3, 0.4) is 0 Å². The summed E-state index contributed by atoms with van der Waals surface area (Å²) in [5.41, 5.74) is 2.06. The van der Waals surface area contributed by atoms with Crippen LogP contribution in [0.4, 0.5) is 10.2 Å². The molecule has 2 aromatic carbocycles. The molecule has 25 heavy (non-hydrogen) atoms. The van der Waals surface area contributed by atoms with Gasteiger partial charge in [-0.05, 0) is 30.7 Å². The van der Waals surface area contributed by atoms with Crippen LogP contribution in [0, 0.1) is 5.82 Å². The zero-order valence-corrected chi connectivity index (χ0v) is 14.6. The summed E-state index contributed by atoms with van der Waals surface area (Å²) in [6.45, 7) is 2.90. The lowest BCUT2D eigenvalue weighted by Crippen LogP contribution is -2.08. The Morgan fingerprint density at radius 2 is 1.84 bits per heavy atom. The van der Waals surface area contributed by atoms with Gasteiger partial charge in [0.2, 0.25) is 0 Å². The van der Waals surface area contributed by atoms with Crippen LogP contribution in [0.5, 0.6) is 0 Å². The predicted molar refractivity (Wildman–Crippen MR) is 99.1 cm³/mol. The molecule has 1 aromatic heterocycles. The summed E-state index contributed by atoms with van der Waals surface area (Å²) in [6, 6.07) is 13.6. The number of hydrogen-bond donors (Lipinski definition) is 1. The third kappa shape index (κ3) is 4.31. The molecule has 0 saturated carbocycles. The number of benzene rings is 2. The first-order valence-corrected chi connectivity index (χ1v) is 8.55. The topological polar surface area (TPSA) is 50.7 Å². The van der Waals surface area contributed by atoms with Crippen molar-refractivity contribution in [1.29, 1.82) is 0 Å². The Balaban J connectivity index is 2.05. The maximum Gasteiger partial charge on any atom is 0.182 e. The summed E-state index contributed by atoms with van der Waals surface area (Å²) in [5.74, 6) is 0.627. The second kappa shape index (κ2) is 8.03. The van der Waals surface area contributed by atoms with Crippen LogP contribution in [0.25, 0.3) is 22.6 Å². The molecule has 0 radical (unpaired) electrons. The van der Waals surface area contributed by atoms with Gasteiger partial charge >= 0.3 is 0 Å². The van der Waals surface area contributed by atoms with Gasteiger partial charge in [0.1, 0.15) is 11.5 Å². The molecule has 0 aliphatic carbocycles. The molecule has 4 nitrogen and oxygen atoms in total. The lowest BCUT2D eigenvalue weighted by atomic mass is 10.1. The molecule has 1 N–H and O–H groups in total. The van der Waals surface area contributed by atoms with E-state index in [4.69, 9.17) is 11.6 Å². The number of unbranched alkanes of at least 4 members (excludes halogenated alkanes) is 1. The summed E-state index contributed by atoms with van der Waals surface area (Å²) >= 11 is 6.12. The van der Waals surface area contributed by atoms with Crippen LogP contribution in [0.2, 0.25) is 5.02 Å². The van der Waals surface area contributed by atoms with Crippen molar-refractivity contribution in [1.82, 2.24) is 15.2 Å². The van der Waals surface area contributed by atoms with Crippen molar-refractivity contribution in [2.75, 3.05) is 11.9 Å². The largest absolute Gasteiger partial charge is 0.367 e. The molecule has 0 unspecified atom stereocenters. The molecular weight excluding hydrogens is 339 g/mol. The van der Waals surface area contributed by atoms with E-state index in [-0.39, 0.29) is 5.82 Å². The Morgan fingerprint density at radius 3 is 2.60 bits per heavy atom. The minimum Gasteiger partial charge on any atom is -0.367 e. The van der Waals surface area contributed by atoms with Gasteiger partial charge in [0, 0.05) is 22.7 Å². The fraction of sp³-hybridized carbons (Fsp3) is 0.211. The van der Waals surface area contributed by atoms with Crippen molar-refractivity contribution < 1.29 is 4.39 Å². The molecule has 0 fully saturated rings. The van der Waals surface area contributed by atoms with Gasteiger partial charge in [-0.25, -0.2) is 9.37 Å². The number of halogens is 2. The fourth-order valence-electron chi connectivity index (χ4n) is 2.42. The van der Waals surface area contributed by atoms with Crippen LogP contribution in [0.15, 0.2) is 48.5 Å². The van der Waals surface area contributed by atoms with Crippen molar-refractivity contribution >= 4 is 17.4 Å². The van der Waals surface area contributed by atoms with Crippen LogP contribution < -0.4 is 5.32 Å². The Morgan fingerprint density at radius 1 is 1.04 bits per heavy atom. The average Bonchev–Trinajstić information content (AvgIpc) is 2.62. The van der Waals surface area contributed by atoms with Crippen molar-refractivity contribution in [3.05, 3.63) is 59.4 Å². The molecule has 0 aliphatic heterocycles. The standard InChI is InChI=1S/C19H18ClFN4/c1-2-3-10-22-19-17(13-6-4-8-15(20)11-13)23-18(24-25-19)14-7-5-9-16(21)12-14/h4-9,11-12H,2-3,10H2,1H3,(H,22,25).